The molecule has 0 aromatic heterocycles. The van der Waals surface area contributed by atoms with E-state index in [0.29, 0.717) is 11.5 Å². The van der Waals surface area contributed by atoms with E-state index in [1.54, 1.807) is 6.92 Å². The monoisotopic (exact) mass is 220 g/mol. The third-order valence-corrected chi connectivity index (χ3v) is 4.97. The lowest BCUT2D eigenvalue weighted by molar-refractivity contribution is -0.148. The van der Waals surface area contributed by atoms with Crippen LogP contribution in [0.3, 0.4) is 0 Å². The van der Waals surface area contributed by atoms with Crippen LogP contribution in [0.2, 0.25) is 0 Å². The van der Waals surface area contributed by atoms with Crippen LogP contribution in [0, 0.1) is 23.7 Å². The molecular formula is C14H20O2. The van der Waals surface area contributed by atoms with Gasteiger partial charge in [-0.1, -0.05) is 13.0 Å². The third kappa shape index (κ3) is 1.42. The molecule has 0 saturated heterocycles. The fraction of sp³-hybridized carbons (Fsp3) is 0.786. The number of fused-ring (bicyclic) bond motifs is 5. The van der Waals surface area contributed by atoms with E-state index < -0.39 is 0 Å². The van der Waals surface area contributed by atoms with Gasteiger partial charge in [0, 0.05) is 5.57 Å². The molecule has 2 nitrogen and oxygen atoms in total. The molecule has 3 aliphatic carbocycles. The van der Waals surface area contributed by atoms with Crippen LogP contribution in [-0.4, -0.2) is 12.1 Å². The molecule has 88 valence electrons. The minimum atomic E-state index is -0.188. The first kappa shape index (κ1) is 10.4. The summed E-state index contributed by atoms with van der Waals surface area (Å²) in [6.07, 6.45) is 6.81. The van der Waals surface area contributed by atoms with Crippen molar-refractivity contribution in [2.75, 3.05) is 0 Å². The molecule has 3 saturated carbocycles. The summed E-state index contributed by atoms with van der Waals surface area (Å²) in [6.45, 7) is 5.38. The normalized spacial score (nSPS) is 44.4. The van der Waals surface area contributed by atoms with Gasteiger partial charge in [0.2, 0.25) is 0 Å². The second-order valence-corrected chi connectivity index (χ2v) is 5.88. The molecular weight excluding hydrogens is 200 g/mol. The first-order chi connectivity index (χ1) is 7.66. The largest absolute Gasteiger partial charge is 0.459 e. The summed E-state index contributed by atoms with van der Waals surface area (Å²) < 4.78 is 5.58. The van der Waals surface area contributed by atoms with Gasteiger partial charge in [0.25, 0.3) is 0 Å². The van der Waals surface area contributed by atoms with E-state index in [0.717, 1.165) is 24.2 Å². The molecule has 0 radical (unpaired) electrons. The van der Waals surface area contributed by atoms with E-state index in [-0.39, 0.29) is 12.1 Å². The standard InChI is InChI=1S/C14H20O2/c1-8(2)14(15)16-13-7-9-6-12(13)11-5-3-4-10(9)11/h9-13H,1,3-7H2,2H3/t9?,10?,11?,12-,13?/m0/s1. The molecule has 5 atom stereocenters. The number of ether oxygens (including phenoxy) is 1. The molecule has 0 aromatic carbocycles. The zero-order chi connectivity index (χ0) is 11.3. The van der Waals surface area contributed by atoms with Gasteiger partial charge in [-0.25, -0.2) is 4.79 Å². The highest BCUT2D eigenvalue weighted by Gasteiger charge is 2.55. The first-order valence-corrected chi connectivity index (χ1v) is 6.53. The summed E-state index contributed by atoms with van der Waals surface area (Å²) in [5.74, 6) is 3.15. The average Bonchev–Trinajstić information content (AvgIpc) is 2.87. The molecule has 2 bridgehead atoms. The predicted molar refractivity (Wildman–Crippen MR) is 61.7 cm³/mol. The zero-order valence-corrected chi connectivity index (χ0v) is 9.95. The smallest absolute Gasteiger partial charge is 0.333 e. The average molecular weight is 220 g/mol. The van der Waals surface area contributed by atoms with Crippen molar-refractivity contribution in [3.05, 3.63) is 12.2 Å². The highest BCUT2D eigenvalue weighted by Crippen LogP contribution is 2.59. The van der Waals surface area contributed by atoms with E-state index in [2.05, 4.69) is 6.58 Å². The molecule has 4 unspecified atom stereocenters. The van der Waals surface area contributed by atoms with Crippen molar-refractivity contribution in [2.45, 2.75) is 45.1 Å². The molecule has 3 aliphatic rings. The van der Waals surface area contributed by atoms with Crippen molar-refractivity contribution < 1.29 is 9.53 Å². The molecule has 0 aliphatic heterocycles. The number of carbonyl (C=O) groups is 1. The van der Waals surface area contributed by atoms with Gasteiger partial charge in [-0.2, -0.15) is 0 Å². The van der Waals surface area contributed by atoms with Gasteiger partial charge >= 0.3 is 5.97 Å². The Balaban J connectivity index is 1.68. The van der Waals surface area contributed by atoms with Crippen LogP contribution in [0.4, 0.5) is 0 Å². The Hall–Kier alpha value is -0.790. The van der Waals surface area contributed by atoms with Crippen molar-refractivity contribution in [3.8, 4) is 0 Å². The molecule has 16 heavy (non-hydrogen) atoms. The lowest BCUT2D eigenvalue weighted by atomic mass is 9.80. The van der Waals surface area contributed by atoms with Gasteiger partial charge in [0.1, 0.15) is 6.10 Å². The molecule has 3 rings (SSSR count). The van der Waals surface area contributed by atoms with Crippen LogP contribution in [0.15, 0.2) is 12.2 Å². The second kappa shape index (κ2) is 3.61. The summed E-state index contributed by atoms with van der Waals surface area (Å²) in [5, 5.41) is 0. The molecule has 0 spiro atoms. The van der Waals surface area contributed by atoms with Gasteiger partial charge in [0.15, 0.2) is 0 Å². The fourth-order valence-corrected chi connectivity index (χ4v) is 4.38. The molecule has 0 N–H and O–H groups in total. The highest BCUT2D eigenvalue weighted by atomic mass is 16.5. The summed E-state index contributed by atoms with van der Waals surface area (Å²) in [6, 6.07) is 0. The van der Waals surface area contributed by atoms with Crippen molar-refractivity contribution in [2.24, 2.45) is 23.7 Å². The maximum Gasteiger partial charge on any atom is 0.333 e. The summed E-state index contributed by atoms with van der Waals surface area (Å²) in [7, 11) is 0. The van der Waals surface area contributed by atoms with Gasteiger partial charge in [0.05, 0.1) is 0 Å². The van der Waals surface area contributed by atoms with Crippen molar-refractivity contribution in [3.63, 3.8) is 0 Å². The minimum absolute atomic E-state index is 0.188. The van der Waals surface area contributed by atoms with Crippen LogP contribution in [0.25, 0.3) is 0 Å². The third-order valence-electron chi connectivity index (χ3n) is 4.97. The van der Waals surface area contributed by atoms with Crippen molar-refractivity contribution in [1.82, 2.24) is 0 Å². The number of hydrogen-bond donors (Lipinski definition) is 0. The van der Waals surface area contributed by atoms with E-state index in [1.807, 2.05) is 0 Å². The first-order valence-electron chi connectivity index (χ1n) is 6.53. The Bertz CT molecular complexity index is 334. The van der Waals surface area contributed by atoms with E-state index in [9.17, 15) is 4.79 Å². The van der Waals surface area contributed by atoms with Crippen LogP contribution in [0.5, 0.6) is 0 Å². The van der Waals surface area contributed by atoms with Gasteiger partial charge in [-0.05, 0) is 56.3 Å². The van der Waals surface area contributed by atoms with Crippen molar-refractivity contribution in [1.29, 1.82) is 0 Å². The molecule has 0 aromatic rings. The SMILES string of the molecule is C=C(C)C(=O)OC1CC2C[C@H]1C1CCCC21. The molecule has 0 amide bonds. The van der Waals surface area contributed by atoms with Crippen LogP contribution < -0.4 is 0 Å². The Kier molecular flexibility index (Phi) is 2.34. The predicted octanol–water partition coefficient (Wildman–Crippen LogP) is 2.93. The lowest BCUT2D eigenvalue weighted by Crippen LogP contribution is -2.32. The number of rotatable bonds is 2. The number of carbonyl (C=O) groups excluding carboxylic acids is 1. The number of esters is 1. The maximum absolute atomic E-state index is 11.5. The van der Waals surface area contributed by atoms with Crippen LogP contribution in [-0.2, 0) is 9.53 Å². The quantitative estimate of drug-likeness (QED) is 0.528. The Morgan fingerprint density at radius 1 is 1.19 bits per heavy atom. The topological polar surface area (TPSA) is 26.3 Å². The van der Waals surface area contributed by atoms with Crippen molar-refractivity contribution >= 4 is 5.97 Å². The number of hydrogen-bond acceptors (Lipinski definition) is 2. The van der Waals surface area contributed by atoms with E-state index >= 15 is 0 Å². The second-order valence-electron chi connectivity index (χ2n) is 5.88. The Labute approximate surface area is 97.1 Å². The van der Waals surface area contributed by atoms with Gasteiger partial charge in [-0.3, -0.25) is 0 Å². The lowest BCUT2D eigenvalue weighted by Gasteiger charge is -2.31. The fourth-order valence-electron chi connectivity index (χ4n) is 4.38. The Morgan fingerprint density at radius 2 is 1.94 bits per heavy atom. The molecule has 0 heterocycles. The molecule has 3 fully saturated rings. The molecule has 2 heteroatoms. The van der Waals surface area contributed by atoms with Gasteiger partial charge in [-0.15, -0.1) is 0 Å². The van der Waals surface area contributed by atoms with Crippen LogP contribution >= 0.6 is 0 Å². The van der Waals surface area contributed by atoms with E-state index in [4.69, 9.17) is 4.74 Å². The summed E-state index contributed by atoms with van der Waals surface area (Å²) >= 11 is 0. The van der Waals surface area contributed by atoms with Crippen LogP contribution in [0.1, 0.15) is 39.0 Å². The summed E-state index contributed by atoms with van der Waals surface area (Å²) in [5.41, 5.74) is 0.533. The highest BCUT2D eigenvalue weighted by molar-refractivity contribution is 5.87. The minimum Gasteiger partial charge on any atom is -0.459 e. The maximum atomic E-state index is 11.5. The summed E-state index contributed by atoms with van der Waals surface area (Å²) in [4.78, 5) is 11.5. The van der Waals surface area contributed by atoms with E-state index in [1.165, 1.54) is 25.7 Å². The Morgan fingerprint density at radius 3 is 2.69 bits per heavy atom. The van der Waals surface area contributed by atoms with Gasteiger partial charge < -0.3 is 4.74 Å². The zero-order valence-electron chi connectivity index (χ0n) is 9.95.